The summed E-state index contributed by atoms with van der Waals surface area (Å²) in [5, 5.41) is 3.73. The average Bonchev–Trinajstić information content (AvgIpc) is 2.35. The molecule has 1 rings (SSSR count). The molecule has 1 aliphatic rings. The van der Waals surface area contributed by atoms with Gasteiger partial charge in [-0.25, -0.2) is 0 Å². The van der Waals surface area contributed by atoms with Crippen LogP contribution in [0.4, 0.5) is 0 Å². The van der Waals surface area contributed by atoms with Gasteiger partial charge < -0.3 is 5.32 Å². The fourth-order valence-electron chi connectivity index (χ4n) is 3.04. The molecule has 1 N–H and O–H groups in total. The molecule has 0 radical (unpaired) electrons. The molecule has 114 valence electrons. The number of nitrogens with one attached hydrogen (secondary N) is 1. The zero-order valence-corrected chi connectivity index (χ0v) is 14.1. The van der Waals surface area contributed by atoms with Crippen LogP contribution in [0.15, 0.2) is 0 Å². The van der Waals surface area contributed by atoms with Gasteiger partial charge in [-0.3, -0.25) is 4.90 Å². The lowest BCUT2D eigenvalue weighted by Crippen LogP contribution is -2.63. The van der Waals surface area contributed by atoms with Crippen LogP contribution in [0.1, 0.15) is 67.2 Å². The largest absolute Gasteiger partial charge is 0.311 e. The predicted octanol–water partition coefficient (Wildman–Crippen LogP) is 3.91. The van der Waals surface area contributed by atoms with E-state index in [4.69, 9.17) is 0 Å². The monoisotopic (exact) mass is 268 g/mol. The first kappa shape index (κ1) is 17.0. The summed E-state index contributed by atoms with van der Waals surface area (Å²) in [7, 11) is 0. The topological polar surface area (TPSA) is 15.3 Å². The van der Waals surface area contributed by atoms with Crippen molar-refractivity contribution in [2.24, 2.45) is 11.8 Å². The maximum Gasteiger partial charge on any atom is 0.0278 e. The molecular formula is C17H36N2. The quantitative estimate of drug-likeness (QED) is 0.753. The Bertz CT molecular complexity index is 248. The molecule has 1 aliphatic heterocycles. The maximum absolute atomic E-state index is 3.73. The zero-order valence-electron chi connectivity index (χ0n) is 14.1. The summed E-state index contributed by atoms with van der Waals surface area (Å²) >= 11 is 0. The van der Waals surface area contributed by atoms with Crippen molar-refractivity contribution < 1.29 is 0 Å². The van der Waals surface area contributed by atoms with E-state index in [1.807, 2.05) is 0 Å². The molecule has 2 nitrogen and oxygen atoms in total. The molecule has 0 aliphatic carbocycles. The van der Waals surface area contributed by atoms with Crippen LogP contribution >= 0.6 is 0 Å². The normalized spacial score (nSPS) is 25.7. The van der Waals surface area contributed by atoms with Gasteiger partial charge in [-0.1, -0.05) is 47.0 Å². The highest BCUT2D eigenvalue weighted by atomic mass is 15.3. The summed E-state index contributed by atoms with van der Waals surface area (Å²) in [5.74, 6) is 1.61. The van der Waals surface area contributed by atoms with Crippen molar-refractivity contribution in [3.8, 4) is 0 Å². The van der Waals surface area contributed by atoms with Gasteiger partial charge in [-0.2, -0.15) is 0 Å². The third kappa shape index (κ3) is 5.07. The van der Waals surface area contributed by atoms with E-state index in [1.165, 1.54) is 38.8 Å². The molecule has 0 saturated carbocycles. The van der Waals surface area contributed by atoms with Gasteiger partial charge in [0.25, 0.3) is 0 Å². The third-order valence-electron chi connectivity index (χ3n) is 4.90. The Morgan fingerprint density at radius 3 is 2.47 bits per heavy atom. The molecule has 1 fully saturated rings. The maximum atomic E-state index is 3.73. The minimum absolute atomic E-state index is 0.311. The number of nitrogens with zero attached hydrogens (tertiary/aromatic N) is 1. The molecule has 2 unspecified atom stereocenters. The molecule has 1 saturated heterocycles. The standard InChI is InChI=1S/C17H36N2/c1-7-9-10-15(8-2)11-19-12-16(14(3)4)18-13-17(19,5)6/h14-16,18H,7-13H2,1-6H3. The minimum atomic E-state index is 0.311. The van der Waals surface area contributed by atoms with E-state index < -0.39 is 0 Å². The lowest BCUT2D eigenvalue weighted by molar-refractivity contribution is 0.0382. The molecule has 0 amide bonds. The molecule has 0 aromatic carbocycles. The number of unbranched alkanes of at least 4 members (excludes halogenated alkanes) is 1. The first-order valence-electron chi connectivity index (χ1n) is 8.39. The van der Waals surface area contributed by atoms with Crippen molar-refractivity contribution in [1.82, 2.24) is 10.2 Å². The van der Waals surface area contributed by atoms with Crippen molar-refractivity contribution in [1.29, 1.82) is 0 Å². The van der Waals surface area contributed by atoms with E-state index in [0.29, 0.717) is 11.6 Å². The zero-order chi connectivity index (χ0) is 14.5. The SMILES string of the molecule is CCCCC(CC)CN1CC(C(C)C)NCC1(C)C. The number of hydrogen-bond donors (Lipinski definition) is 1. The highest BCUT2D eigenvalue weighted by molar-refractivity contribution is 4.94. The predicted molar refractivity (Wildman–Crippen MR) is 85.6 cm³/mol. The molecule has 0 spiro atoms. The van der Waals surface area contributed by atoms with Crippen LogP contribution in [0.25, 0.3) is 0 Å². The van der Waals surface area contributed by atoms with Crippen LogP contribution in [0.3, 0.4) is 0 Å². The summed E-state index contributed by atoms with van der Waals surface area (Å²) in [6, 6.07) is 0.664. The third-order valence-corrected chi connectivity index (χ3v) is 4.90. The second-order valence-electron chi connectivity index (χ2n) is 7.37. The molecule has 0 bridgehead atoms. The van der Waals surface area contributed by atoms with Crippen LogP contribution in [-0.4, -0.2) is 36.1 Å². The molecule has 1 heterocycles. The number of rotatable bonds is 7. The average molecular weight is 268 g/mol. The highest BCUT2D eigenvalue weighted by Gasteiger charge is 2.35. The van der Waals surface area contributed by atoms with Crippen LogP contribution in [-0.2, 0) is 0 Å². The minimum Gasteiger partial charge on any atom is -0.311 e. The first-order chi connectivity index (χ1) is 8.90. The summed E-state index contributed by atoms with van der Waals surface area (Å²) in [4.78, 5) is 2.75. The van der Waals surface area contributed by atoms with Gasteiger partial charge in [0.05, 0.1) is 0 Å². The van der Waals surface area contributed by atoms with Crippen molar-refractivity contribution >= 4 is 0 Å². The highest BCUT2D eigenvalue weighted by Crippen LogP contribution is 2.25. The van der Waals surface area contributed by atoms with Crippen LogP contribution in [0.5, 0.6) is 0 Å². The van der Waals surface area contributed by atoms with E-state index in [0.717, 1.165) is 18.4 Å². The Balaban J connectivity index is 2.59. The van der Waals surface area contributed by atoms with E-state index in [-0.39, 0.29) is 0 Å². The molecular weight excluding hydrogens is 232 g/mol. The molecule has 0 aromatic heterocycles. The van der Waals surface area contributed by atoms with Gasteiger partial charge >= 0.3 is 0 Å². The van der Waals surface area contributed by atoms with Crippen LogP contribution < -0.4 is 5.32 Å². The van der Waals surface area contributed by atoms with Gasteiger partial charge in [-0.05, 0) is 32.1 Å². The summed E-state index contributed by atoms with van der Waals surface area (Å²) in [6.45, 7) is 17.7. The van der Waals surface area contributed by atoms with Crippen LogP contribution in [0.2, 0.25) is 0 Å². The molecule has 0 aromatic rings. The van der Waals surface area contributed by atoms with Crippen molar-refractivity contribution in [3.63, 3.8) is 0 Å². The molecule has 19 heavy (non-hydrogen) atoms. The van der Waals surface area contributed by atoms with Crippen molar-refractivity contribution in [3.05, 3.63) is 0 Å². The Morgan fingerprint density at radius 2 is 1.95 bits per heavy atom. The van der Waals surface area contributed by atoms with Gasteiger partial charge in [0.2, 0.25) is 0 Å². The van der Waals surface area contributed by atoms with Gasteiger partial charge in [0, 0.05) is 31.2 Å². The lowest BCUT2D eigenvalue weighted by Gasteiger charge is -2.48. The molecule has 2 atom stereocenters. The Hall–Kier alpha value is -0.0800. The second-order valence-corrected chi connectivity index (χ2v) is 7.37. The second kappa shape index (κ2) is 7.64. The Kier molecular flexibility index (Phi) is 6.82. The summed E-state index contributed by atoms with van der Waals surface area (Å²) in [6.07, 6.45) is 5.44. The fraction of sp³-hybridized carbons (Fsp3) is 1.00. The van der Waals surface area contributed by atoms with E-state index >= 15 is 0 Å². The van der Waals surface area contributed by atoms with Gasteiger partial charge in [0.15, 0.2) is 0 Å². The van der Waals surface area contributed by atoms with E-state index in [9.17, 15) is 0 Å². The molecule has 2 heteroatoms. The summed E-state index contributed by atoms with van der Waals surface area (Å²) < 4.78 is 0. The Morgan fingerprint density at radius 1 is 1.26 bits per heavy atom. The number of hydrogen-bond acceptors (Lipinski definition) is 2. The smallest absolute Gasteiger partial charge is 0.0278 e. The summed E-state index contributed by atoms with van der Waals surface area (Å²) in [5.41, 5.74) is 0.311. The lowest BCUT2D eigenvalue weighted by atomic mass is 9.90. The first-order valence-corrected chi connectivity index (χ1v) is 8.39. The van der Waals surface area contributed by atoms with Crippen LogP contribution in [0, 0.1) is 11.8 Å². The fourth-order valence-corrected chi connectivity index (χ4v) is 3.04. The van der Waals surface area contributed by atoms with Gasteiger partial charge in [-0.15, -0.1) is 0 Å². The number of piperazine rings is 1. The van der Waals surface area contributed by atoms with Gasteiger partial charge in [0.1, 0.15) is 0 Å². The van der Waals surface area contributed by atoms with E-state index in [1.54, 1.807) is 0 Å². The van der Waals surface area contributed by atoms with Crippen molar-refractivity contribution in [2.75, 3.05) is 19.6 Å². The Labute approximate surface area is 121 Å². The van der Waals surface area contributed by atoms with E-state index in [2.05, 4.69) is 51.8 Å². The van der Waals surface area contributed by atoms with Crippen molar-refractivity contribution in [2.45, 2.75) is 78.8 Å².